The molecule has 5 aliphatic heterocycles. The van der Waals surface area contributed by atoms with Crippen molar-refractivity contribution >= 4 is 5.97 Å². The minimum Gasteiger partial charge on any atom is -0.507 e. The Kier molecular flexibility index (Phi) is 3.95. The number of hydrogen-bond acceptors (Lipinski definition) is 8. The van der Waals surface area contributed by atoms with Gasteiger partial charge in [-0.3, -0.25) is 0 Å². The molecule has 0 amide bonds. The molecular formula is C25H32O8. The SMILES string of the molecule is CC1OC(=O)c2c(O)cc3c(c2C1O)CC12OC4(C(C)C)CCC1(C)C(O)(CCC2(C)O3)O4. The zero-order valence-corrected chi connectivity index (χ0v) is 19.7. The van der Waals surface area contributed by atoms with Crippen LogP contribution in [0.1, 0.15) is 87.9 Å². The van der Waals surface area contributed by atoms with Gasteiger partial charge in [0.05, 0.1) is 5.41 Å². The van der Waals surface area contributed by atoms with Crippen LogP contribution in [0.5, 0.6) is 11.5 Å². The predicted molar refractivity (Wildman–Crippen MR) is 115 cm³/mol. The largest absolute Gasteiger partial charge is 0.507 e. The van der Waals surface area contributed by atoms with E-state index in [9.17, 15) is 20.1 Å². The van der Waals surface area contributed by atoms with Crippen LogP contribution in [0.4, 0.5) is 0 Å². The fraction of sp³-hybridized carbons (Fsp3) is 0.720. The lowest BCUT2D eigenvalue weighted by Crippen LogP contribution is -2.86. The molecule has 7 atom stereocenters. The van der Waals surface area contributed by atoms with E-state index in [0.717, 1.165) is 0 Å². The third-order valence-corrected chi connectivity index (χ3v) is 9.50. The lowest BCUT2D eigenvalue weighted by Gasteiger charge is -2.75. The van der Waals surface area contributed by atoms with Gasteiger partial charge in [0.15, 0.2) is 11.6 Å². The number of phenols is 1. The average molecular weight is 461 g/mol. The van der Waals surface area contributed by atoms with E-state index in [-0.39, 0.29) is 17.2 Å². The van der Waals surface area contributed by atoms with Gasteiger partial charge in [-0.15, -0.1) is 0 Å². The van der Waals surface area contributed by atoms with E-state index in [4.69, 9.17) is 18.9 Å². The smallest absolute Gasteiger partial charge is 0.342 e. The highest BCUT2D eigenvalue weighted by atomic mass is 16.8. The molecule has 1 saturated carbocycles. The molecule has 0 aromatic heterocycles. The number of carbonyl (C=O) groups excluding carboxylic acids is 1. The van der Waals surface area contributed by atoms with Gasteiger partial charge < -0.3 is 34.3 Å². The number of rotatable bonds is 1. The van der Waals surface area contributed by atoms with Crippen LogP contribution in [-0.4, -0.2) is 50.2 Å². The summed E-state index contributed by atoms with van der Waals surface area (Å²) in [4.78, 5) is 12.7. The maximum atomic E-state index is 12.7. The highest BCUT2D eigenvalue weighted by Crippen LogP contribution is 2.72. The van der Waals surface area contributed by atoms with E-state index < -0.39 is 46.4 Å². The lowest BCUT2D eigenvalue weighted by atomic mass is 9.47. The van der Waals surface area contributed by atoms with Crippen LogP contribution in [0.2, 0.25) is 0 Å². The first kappa shape index (κ1) is 21.6. The predicted octanol–water partition coefficient (Wildman–Crippen LogP) is 3.10. The number of phenolic OH excluding ortho intramolecular Hbond substituents is 1. The Bertz CT molecular complexity index is 1080. The Hall–Kier alpha value is -1.87. The Morgan fingerprint density at radius 3 is 2.55 bits per heavy atom. The Balaban J connectivity index is 1.61. The van der Waals surface area contributed by atoms with E-state index in [1.807, 2.05) is 27.7 Å². The van der Waals surface area contributed by atoms with Gasteiger partial charge in [-0.05, 0) is 26.7 Å². The molecule has 6 aliphatic rings. The average Bonchev–Trinajstić information content (AvgIpc) is 2.72. The maximum absolute atomic E-state index is 12.7. The second-order valence-corrected chi connectivity index (χ2v) is 11.3. The van der Waals surface area contributed by atoms with E-state index >= 15 is 0 Å². The zero-order chi connectivity index (χ0) is 23.8. The summed E-state index contributed by atoms with van der Waals surface area (Å²) in [7, 11) is 0. The number of ether oxygens (including phenoxy) is 4. The number of esters is 1. The summed E-state index contributed by atoms with van der Waals surface area (Å²) in [5.74, 6) is -2.87. The highest BCUT2D eigenvalue weighted by Gasteiger charge is 2.81. The molecule has 4 fully saturated rings. The molecule has 8 nitrogen and oxygen atoms in total. The number of benzene rings is 1. The highest BCUT2D eigenvalue weighted by molar-refractivity contribution is 5.96. The topological polar surface area (TPSA) is 115 Å². The van der Waals surface area contributed by atoms with Gasteiger partial charge in [0.25, 0.3) is 0 Å². The van der Waals surface area contributed by atoms with Gasteiger partial charge >= 0.3 is 5.97 Å². The van der Waals surface area contributed by atoms with Crippen molar-refractivity contribution in [2.45, 2.75) is 102 Å². The molecule has 1 aliphatic carbocycles. The van der Waals surface area contributed by atoms with Crippen molar-refractivity contribution in [2.75, 3.05) is 0 Å². The molecule has 3 N–H and O–H groups in total. The molecular weight excluding hydrogens is 428 g/mol. The van der Waals surface area contributed by atoms with Crippen molar-refractivity contribution in [3.8, 4) is 11.5 Å². The molecule has 1 spiro atoms. The molecule has 0 radical (unpaired) electrons. The molecule has 180 valence electrons. The van der Waals surface area contributed by atoms with Crippen LogP contribution in [0.25, 0.3) is 0 Å². The number of aliphatic hydroxyl groups excluding tert-OH is 1. The number of carbonyl (C=O) groups is 1. The Morgan fingerprint density at radius 2 is 1.85 bits per heavy atom. The third-order valence-electron chi connectivity index (χ3n) is 9.50. The first-order chi connectivity index (χ1) is 15.3. The Labute approximate surface area is 192 Å². The summed E-state index contributed by atoms with van der Waals surface area (Å²) in [6, 6.07) is 1.44. The van der Waals surface area contributed by atoms with Crippen LogP contribution in [-0.2, 0) is 20.6 Å². The number of aliphatic hydroxyl groups is 2. The third kappa shape index (κ3) is 2.24. The van der Waals surface area contributed by atoms with E-state index in [2.05, 4.69) is 0 Å². The van der Waals surface area contributed by atoms with Gasteiger partial charge in [-0.25, -0.2) is 4.79 Å². The Morgan fingerprint density at radius 1 is 1.12 bits per heavy atom. The van der Waals surface area contributed by atoms with Crippen LogP contribution in [0, 0.1) is 11.3 Å². The fourth-order valence-electron chi connectivity index (χ4n) is 7.31. The number of hydrogen-bond donors (Lipinski definition) is 3. The van der Waals surface area contributed by atoms with Crippen molar-refractivity contribution in [1.29, 1.82) is 0 Å². The minimum atomic E-state index is -1.38. The van der Waals surface area contributed by atoms with E-state index in [1.54, 1.807) is 6.92 Å². The number of aromatic hydroxyl groups is 1. The summed E-state index contributed by atoms with van der Waals surface area (Å²) in [6.07, 6.45) is 0.674. The molecule has 3 saturated heterocycles. The maximum Gasteiger partial charge on any atom is 0.342 e. The normalized spacial score (nSPS) is 47.3. The van der Waals surface area contributed by atoms with E-state index in [0.29, 0.717) is 49.0 Å². The van der Waals surface area contributed by atoms with Crippen LogP contribution in [0.3, 0.4) is 0 Å². The van der Waals surface area contributed by atoms with Crippen LogP contribution >= 0.6 is 0 Å². The van der Waals surface area contributed by atoms with Gasteiger partial charge in [-0.2, -0.15) is 0 Å². The first-order valence-electron chi connectivity index (χ1n) is 11.9. The monoisotopic (exact) mass is 460 g/mol. The van der Waals surface area contributed by atoms with Crippen molar-refractivity contribution in [3.63, 3.8) is 0 Å². The van der Waals surface area contributed by atoms with Crippen molar-refractivity contribution in [1.82, 2.24) is 0 Å². The van der Waals surface area contributed by atoms with Crippen molar-refractivity contribution < 1.29 is 39.1 Å². The van der Waals surface area contributed by atoms with Crippen molar-refractivity contribution in [2.24, 2.45) is 11.3 Å². The minimum absolute atomic E-state index is 0.0104. The number of cyclic esters (lactones) is 1. The molecule has 7 rings (SSSR count). The number of fused-ring (bicyclic) bond motifs is 4. The molecule has 8 heteroatoms. The van der Waals surface area contributed by atoms with Gasteiger partial charge in [0, 0.05) is 42.4 Å². The summed E-state index contributed by atoms with van der Waals surface area (Å²) in [5, 5.41) is 33.6. The lowest BCUT2D eigenvalue weighted by molar-refractivity contribution is -0.543. The summed E-state index contributed by atoms with van der Waals surface area (Å²) >= 11 is 0. The first-order valence-corrected chi connectivity index (χ1v) is 11.9. The van der Waals surface area contributed by atoms with E-state index in [1.165, 1.54) is 6.07 Å². The molecule has 1 aromatic carbocycles. The summed E-state index contributed by atoms with van der Waals surface area (Å²) in [6.45, 7) is 9.68. The molecule has 7 unspecified atom stereocenters. The van der Waals surface area contributed by atoms with Crippen LogP contribution < -0.4 is 4.74 Å². The molecule has 4 bridgehead atoms. The molecule has 5 heterocycles. The summed E-state index contributed by atoms with van der Waals surface area (Å²) < 4.78 is 25.2. The van der Waals surface area contributed by atoms with Crippen LogP contribution in [0.15, 0.2) is 6.07 Å². The summed E-state index contributed by atoms with van der Waals surface area (Å²) in [5.41, 5.74) is -1.64. The molecule has 1 aromatic rings. The van der Waals surface area contributed by atoms with Crippen molar-refractivity contribution in [3.05, 3.63) is 22.8 Å². The molecule has 33 heavy (non-hydrogen) atoms. The van der Waals surface area contributed by atoms with Gasteiger partial charge in [0.2, 0.25) is 0 Å². The van der Waals surface area contributed by atoms with Gasteiger partial charge in [-0.1, -0.05) is 20.8 Å². The zero-order valence-electron chi connectivity index (χ0n) is 19.7. The second-order valence-electron chi connectivity index (χ2n) is 11.3. The second kappa shape index (κ2) is 6.03. The fourth-order valence-corrected chi connectivity index (χ4v) is 7.31. The standard InChI is InChI=1S/C25H32O8/c1-12(2)23-8-6-21(4)24(32-23)11-14-16(31-22(24,5)7-9-25(21,29)33-23)10-15(26)18-17(14)19(27)13(3)30-20(18)28/h10,12-13,19,26-27,29H,6-9,11H2,1-5H3. The van der Waals surface area contributed by atoms with Gasteiger partial charge in [0.1, 0.15) is 40.5 Å². The quantitative estimate of drug-likeness (QED) is 0.548.